The quantitative estimate of drug-likeness (QED) is 0.313. The third kappa shape index (κ3) is 4.69. The molecule has 0 unspecified atom stereocenters. The molecule has 0 spiro atoms. The Morgan fingerprint density at radius 3 is 2.47 bits per heavy atom. The maximum absolute atomic E-state index is 7.25. The summed E-state index contributed by atoms with van der Waals surface area (Å²) in [5, 5.41) is 21.4. The molecule has 0 radical (unpaired) electrons. The van der Waals surface area contributed by atoms with Gasteiger partial charge in [-0.05, 0) is 36.4 Å². The van der Waals surface area contributed by atoms with Gasteiger partial charge in [0.15, 0.2) is 0 Å². The van der Waals surface area contributed by atoms with E-state index < -0.39 is 0 Å². The van der Waals surface area contributed by atoms with Crippen molar-refractivity contribution in [3.05, 3.63) is 11.1 Å². The van der Waals surface area contributed by atoms with Crippen molar-refractivity contribution < 1.29 is 18.9 Å². The Morgan fingerprint density at radius 2 is 1.88 bits per heavy atom. The number of aliphatic imine (C=N–C) groups is 1. The molecule has 5 heteroatoms. The number of hydrogen-bond acceptors (Lipinski definition) is 4. The fourth-order valence-corrected chi connectivity index (χ4v) is 1.67. The predicted octanol–water partition coefficient (Wildman–Crippen LogP) is -0.728. The molecule has 1 heterocycles. The molecule has 0 aliphatic carbocycles. The van der Waals surface area contributed by atoms with Crippen LogP contribution in [0.5, 0.6) is 0 Å². The number of rotatable bonds is 2. The summed E-state index contributed by atoms with van der Waals surface area (Å²) in [6.45, 7) is 0.674. The third-order valence-electron chi connectivity index (χ3n) is 2.53. The van der Waals surface area contributed by atoms with Crippen LogP contribution in [0.1, 0.15) is 32.1 Å². The molecule has 17 heavy (non-hydrogen) atoms. The van der Waals surface area contributed by atoms with Crippen LogP contribution in [0.15, 0.2) is 16.1 Å². The van der Waals surface area contributed by atoms with Gasteiger partial charge in [0.05, 0.1) is 0 Å². The summed E-state index contributed by atoms with van der Waals surface area (Å²) in [5.74, 6) is 4.51. The summed E-state index contributed by atoms with van der Waals surface area (Å²) in [6.07, 6.45) is 7.16. The summed E-state index contributed by atoms with van der Waals surface area (Å²) in [7, 11) is 0. The van der Waals surface area contributed by atoms with E-state index in [0.717, 1.165) is 32.1 Å². The van der Waals surface area contributed by atoms with E-state index in [0.29, 0.717) is 17.8 Å². The van der Waals surface area contributed by atoms with Crippen LogP contribution in [-0.4, -0.2) is 30.2 Å². The van der Waals surface area contributed by atoms with Gasteiger partial charge in [0, 0.05) is 6.54 Å². The standard InChI is InChI=1S/C12H15N4.Li/c13-7-10-5-3-1-2-4-6-16-12(10)11(8-14)9-15;/h13-15H,1-6H2;/q-1;+1. The van der Waals surface area contributed by atoms with Crippen LogP contribution >= 0.6 is 0 Å². The van der Waals surface area contributed by atoms with Gasteiger partial charge >= 0.3 is 18.9 Å². The van der Waals surface area contributed by atoms with E-state index in [9.17, 15) is 0 Å². The van der Waals surface area contributed by atoms with Crippen molar-refractivity contribution in [3.8, 4) is 0 Å². The zero-order valence-corrected chi connectivity index (χ0v) is 10.2. The first kappa shape index (κ1) is 15.8. The van der Waals surface area contributed by atoms with Gasteiger partial charge in [-0.15, -0.1) is 5.57 Å². The van der Waals surface area contributed by atoms with Gasteiger partial charge in [0.1, 0.15) is 0 Å². The normalized spacial score (nSPS) is 16.0. The largest absolute Gasteiger partial charge is 1.00 e. The van der Waals surface area contributed by atoms with Crippen molar-refractivity contribution >= 4 is 23.7 Å². The molecular formula is C12H15LiN4. The molecule has 1 aliphatic heterocycles. The molecular weight excluding hydrogens is 207 g/mol. The minimum absolute atomic E-state index is 0. The Kier molecular flexibility index (Phi) is 8.32. The fourth-order valence-electron chi connectivity index (χ4n) is 1.67. The number of allylic oxidation sites excluding steroid dienone is 2. The average molecular weight is 222 g/mol. The molecule has 3 N–H and O–H groups in total. The van der Waals surface area contributed by atoms with E-state index >= 15 is 0 Å². The second-order valence-electron chi connectivity index (χ2n) is 3.62. The zero-order chi connectivity index (χ0) is 11.8. The molecule has 0 bridgehead atoms. The van der Waals surface area contributed by atoms with Crippen LogP contribution in [0, 0.1) is 16.2 Å². The van der Waals surface area contributed by atoms with Crippen LogP contribution in [-0.2, 0) is 0 Å². The second-order valence-corrected chi connectivity index (χ2v) is 3.62. The summed E-state index contributed by atoms with van der Waals surface area (Å²) >= 11 is 0. The van der Waals surface area contributed by atoms with E-state index in [2.05, 4.69) is 22.9 Å². The Bertz CT molecular complexity index is 399. The Morgan fingerprint density at radius 1 is 1.18 bits per heavy atom. The summed E-state index contributed by atoms with van der Waals surface area (Å²) in [6, 6.07) is 0. The van der Waals surface area contributed by atoms with Gasteiger partial charge in [-0.25, -0.2) is 0 Å². The van der Waals surface area contributed by atoms with Crippen LogP contribution in [0.3, 0.4) is 0 Å². The van der Waals surface area contributed by atoms with E-state index in [4.69, 9.17) is 16.2 Å². The van der Waals surface area contributed by atoms with Crippen LogP contribution in [0.4, 0.5) is 0 Å². The van der Waals surface area contributed by atoms with E-state index in [1.807, 2.05) is 0 Å². The van der Waals surface area contributed by atoms with Crippen molar-refractivity contribution in [1.29, 1.82) is 16.2 Å². The van der Waals surface area contributed by atoms with Gasteiger partial charge in [0.2, 0.25) is 0 Å². The molecule has 0 aromatic heterocycles. The summed E-state index contributed by atoms with van der Waals surface area (Å²) in [4.78, 5) is 4.33. The molecule has 0 saturated carbocycles. The average Bonchev–Trinajstić information content (AvgIpc) is 2.43. The van der Waals surface area contributed by atoms with E-state index in [-0.39, 0.29) is 24.4 Å². The Balaban J connectivity index is 0.00000256. The molecule has 4 nitrogen and oxygen atoms in total. The first-order chi connectivity index (χ1) is 7.83. The number of hydrogen-bond donors (Lipinski definition) is 3. The molecule has 0 atom stereocenters. The van der Waals surface area contributed by atoms with Crippen LogP contribution < -0.4 is 18.9 Å². The number of nitrogens with one attached hydrogen (secondary N) is 3. The molecule has 84 valence electrons. The maximum atomic E-state index is 7.25. The van der Waals surface area contributed by atoms with Gasteiger partial charge in [-0.3, -0.25) is 5.41 Å². The first-order valence-corrected chi connectivity index (χ1v) is 5.39. The monoisotopic (exact) mass is 222 g/mol. The smallest absolute Gasteiger partial charge is 0.375 e. The van der Waals surface area contributed by atoms with Crippen molar-refractivity contribution in [2.45, 2.75) is 32.1 Å². The third-order valence-corrected chi connectivity index (χ3v) is 2.53. The number of nitrogens with zero attached hydrogens (tertiary/aromatic N) is 1. The van der Waals surface area contributed by atoms with Crippen molar-refractivity contribution in [1.82, 2.24) is 0 Å². The molecule has 0 aromatic carbocycles. The zero-order valence-electron chi connectivity index (χ0n) is 10.2. The van der Waals surface area contributed by atoms with Crippen molar-refractivity contribution in [2.75, 3.05) is 6.54 Å². The van der Waals surface area contributed by atoms with Gasteiger partial charge in [0.25, 0.3) is 0 Å². The molecule has 0 saturated heterocycles. The molecule has 0 fully saturated rings. The van der Waals surface area contributed by atoms with Crippen molar-refractivity contribution in [2.24, 2.45) is 4.99 Å². The SMILES string of the molecule is N=C=C([C-]=N)C1=NCCCCCCC1=C=N.[Li+]. The maximum Gasteiger partial charge on any atom is 1.00 e. The van der Waals surface area contributed by atoms with E-state index in [1.165, 1.54) is 0 Å². The topological polar surface area (TPSA) is 83.9 Å². The second kappa shape index (κ2) is 8.93. The first-order valence-electron chi connectivity index (χ1n) is 5.39. The summed E-state index contributed by atoms with van der Waals surface area (Å²) < 4.78 is 0. The Labute approximate surface area is 114 Å². The predicted molar refractivity (Wildman–Crippen MR) is 65.6 cm³/mol. The molecule has 1 rings (SSSR count). The minimum Gasteiger partial charge on any atom is -0.375 e. The van der Waals surface area contributed by atoms with Crippen LogP contribution in [0.2, 0.25) is 0 Å². The minimum atomic E-state index is 0. The van der Waals surface area contributed by atoms with E-state index in [1.54, 1.807) is 0 Å². The van der Waals surface area contributed by atoms with Gasteiger partial charge < -0.3 is 15.8 Å². The fraction of sp³-hybridized carbons (Fsp3) is 0.500. The molecule has 1 aliphatic rings. The Hall–Kier alpha value is -1.16. The summed E-state index contributed by atoms with van der Waals surface area (Å²) in [5.41, 5.74) is 1.38. The van der Waals surface area contributed by atoms with Gasteiger partial charge in [-0.2, -0.15) is 5.87 Å². The van der Waals surface area contributed by atoms with Crippen molar-refractivity contribution in [3.63, 3.8) is 0 Å². The van der Waals surface area contributed by atoms with Gasteiger partial charge in [-0.1, -0.05) is 19.1 Å². The molecule has 0 aromatic rings. The molecule has 0 amide bonds. The van der Waals surface area contributed by atoms with Crippen LogP contribution in [0.25, 0.3) is 0 Å².